The molecule has 23 heavy (non-hydrogen) atoms. The third-order valence-electron chi connectivity index (χ3n) is 3.90. The van der Waals surface area contributed by atoms with E-state index in [-0.39, 0.29) is 18.2 Å². The SMILES string of the molecule is O=C1CC=CCC1C=CCNC(=O)[C@H]1O[C@@H](O)[C@H](O)[C@@H](O)[C@@H]1O. The van der Waals surface area contributed by atoms with Gasteiger partial charge in [-0.3, -0.25) is 9.59 Å². The molecule has 8 heteroatoms. The second-order valence-corrected chi connectivity index (χ2v) is 5.58. The number of aliphatic hydroxyl groups is 4. The van der Waals surface area contributed by atoms with E-state index in [1.807, 2.05) is 12.2 Å². The second-order valence-electron chi connectivity index (χ2n) is 5.58. The van der Waals surface area contributed by atoms with E-state index in [0.29, 0.717) is 12.8 Å². The number of hydrogen-bond donors (Lipinski definition) is 5. The molecular formula is C15H21NO7. The Kier molecular flexibility index (Phi) is 6.03. The van der Waals surface area contributed by atoms with Crippen LogP contribution in [0.15, 0.2) is 24.3 Å². The summed E-state index contributed by atoms with van der Waals surface area (Å²) in [6, 6.07) is 0. The average Bonchev–Trinajstić information content (AvgIpc) is 2.54. The average molecular weight is 327 g/mol. The number of hydrogen-bond acceptors (Lipinski definition) is 7. The molecule has 5 N–H and O–H groups in total. The zero-order valence-corrected chi connectivity index (χ0v) is 12.4. The molecule has 1 aliphatic heterocycles. The summed E-state index contributed by atoms with van der Waals surface area (Å²) in [6.45, 7) is 0.105. The van der Waals surface area contributed by atoms with Gasteiger partial charge in [-0.25, -0.2) is 0 Å². The van der Waals surface area contributed by atoms with Crippen molar-refractivity contribution in [3.63, 3.8) is 0 Å². The van der Waals surface area contributed by atoms with Crippen LogP contribution in [-0.2, 0) is 14.3 Å². The van der Waals surface area contributed by atoms with Crippen molar-refractivity contribution in [3.8, 4) is 0 Å². The van der Waals surface area contributed by atoms with Crippen LogP contribution in [0.4, 0.5) is 0 Å². The van der Waals surface area contributed by atoms with Gasteiger partial charge in [0.25, 0.3) is 5.91 Å². The number of allylic oxidation sites excluding steroid dienone is 3. The van der Waals surface area contributed by atoms with Crippen LogP contribution in [0.3, 0.4) is 0 Å². The third-order valence-corrected chi connectivity index (χ3v) is 3.90. The predicted molar refractivity (Wildman–Crippen MR) is 77.9 cm³/mol. The molecule has 1 heterocycles. The summed E-state index contributed by atoms with van der Waals surface area (Å²) in [5.74, 6) is -0.824. The fraction of sp³-hybridized carbons (Fsp3) is 0.600. The highest BCUT2D eigenvalue weighted by atomic mass is 16.6. The molecule has 6 atom stereocenters. The van der Waals surface area contributed by atoms with Gasteiger partial charge in [-0.05, 0) is 6.42 Å². The minimum Gasteiger partial charge on any atom is -0.387 e. The van der Waals surface area contributed by atoms with Crippen LogP contribution >= 0.6 is 0 Å². The fourth-order valence-electron chi connectivity index (χ4n) is 2.48. The van der Waals surface area contributed by atoms with Gasteiger partial charge in [0.1, 0.15) is 24.1 Å². The lowest BCUT2D eigenvalue weighted by molar-refractivity contribution is -0.275. The summed E-state index contributed by atoms with van der Waals surface area (Å²) in [5, 5.41) is 40.4. The normalized spacial score (nSPS) is 38.0. The first-order chi connectivity index (χ1) is 10.9. The van der Waals surface area contributed by atoms with Crippen molar-refractivity contribution in [3.05, 3.63) is 24.3 Å². The van der Waals surface area contributed by atoms with E-state index in [4.69, 9.17) is 4.74 Å². The van der Waals surface area contributed by atoms with Crippen LogP contribution in [0.25, 0.3) is 0 Å². The number of ether oxygens (including phenoxy) is 1. The highest BCUT2D eigenvalue weighted by Crippen LogP contribution is 2.20. The van der Waals surface area contributed by atoms with Gasteiger partial charge < -0.3 is 30.5 Å². The monoisotopic (exact) mass is 327 g/mol. The van der Waals surface area contributed by atoms with E-state index >= 15 is 0 Å². The molecule has 0 aromatic rings. The summed E-state index contributed by atoms with van der Waals surface area (Å²) in [4.78, 5) is 23.5. The molecule has 0 saturated carbocycles. The zero-order valence-electron chi connectivity index (χ0n) is 12.4. The number of carbonyl (C=O) groups excluding carboxylic acids is 2. The van der Waals surface area contributed by atoms with Gasteiger partial charge in [0.2, 0.25) is 0 Å². The van der Waals surface area contributed by atoms with Crippen LogP contribution < -0.4 is 5.32 Å². The maximum Gasteiger partial charge on any atom is 0.252 e. The molecular weight excluding hydrogens is 306 g/mol. The molecule has 1 unspecified atom stereocenters. The van der Waals surface area contributed by atoms with Crippen LogP contribution in [0.2, 0.25) is 0 Å². The minimum absolute atomic E-state index is 0.105. The van der Waals surface area contributed by atoms with E-state index < -0.39 is 36.6 Å². The number of carbonyl (C=O) groups is 2. The number of amides is 1. The van der Waals surface area contributed by atoms with Gasteiger partial charge in [0.15, 0.2) is 12.4 Å². The molecule has 2 rings (SSSR count). The number of ketones is 1. The van der Waals surface area contributed by atoms with Gasteiger partial charge in [-0.2, -0.15) is 0 Å². The highest BCUT2D eigenvalue weighted by Gasteiger charge is 2.45. The van der Waals surface area contributed by atoms with Gasteiger partial charge in [0, 0.05) is 18.9 Å². The summed E-state index contributed by atoms with van der Waals surface area (Å²) in [6.07, 6.45) is -0.156. The van der Waals surface area contributed by atoms with Gasteiger partial charge in [-0.15, -0.1) is 0 Å². The van der Waals surface area contributed by atoms with Crippen molar-refractivity contribution in [2.45, 2.75) is 43.5 Å². The van der Waals surface area contributed by atoms with Crippen molar-refractivity contribution in [1.82, 2.24) is 5.32 Å². The van der Waals surface area contributed by atoms with E-state index in [1.165, 1.54) is 0 Å². The lowest BCUT2D eigenvalue weighted by atomic mass is 9.93. The van der Waals surface area contributed by atoms with Crippen molar-refractivity contribution in [2.75, 3.05) is 6.54 Å². The maximum atomic E-state index is 11.9. The van der Waals surface area contributed by atoms with Crippen LogP contribution in [0.1, 0.15) is 12.8 Å². The summed E-state index contributed by atoms with van der Waals surface area (Å²) in [7, 11) is 0. The number of nitrogens with one attached hydrogen (secondary N) is 1. The third kappa shape index (κ3) is 4.24. The molecule has 8 nitrogen and oxygen atoms in total. The molecule has 1 aliphatic carbocycles. The van der Waals surface area contributed by atoms with Crippen LogP contribution in [0, 0.1) is 5.92 Å². The largest absolute Gasteiger partial charge is 0.387 e. The maximum absolute atomic E-state index is 11.9. The molecule has 1 fully saturated rings. The van der Waals surface area contributed by atoms with E-state index in [1.54, 1.807) is 12.2 Å². The van der Waals surface area contributed by atoms with Gasteiger partial charge in [0.05, 0.1) is 0 Å². The number of aliphatic hydroxyl groups excluding tert-OH is 4. The lowest BCUT2D eigenvalue weighted by Gasteiger charge is -2.37. The topological polar surface area (TPSA) is 136 Å². The first-order valence-corrected chi connectivity index (χ1v) is 7.41. The smallest absolute Gasteiger partial charge is 0.252 e. The Hall–Kier alpha value is -1.58. The van der Waals surface area contributed by atoms with Crippen LogP contribution in [0.5, 0.6) is 0 Å². The molecule has 0 spiro atoms. The van der Waals surface area contributed by atoms with Gasteiger partial charge >= 0.3 is 0 Å². The number of rotatable bonds is 4. The van der Waals surface area contributed by atoms with E-state index in [2.05, 4.69) is 5.32 Å². The molecule has 0 radical (unpaired) electrons. The minimum atomic E-state index is -1.76. The Morgan fingerprint density at radius 1 is 1.22 bits per heavy atom. The van der Waals surface area contributed by atoms with Crippen molar-refractivity contribution >= 4 is 11.7 Å². The Bertz CT molecular complexity index is 504. The zero-order chi connectivity index (χ0) is 17.0. The first-order valence-electron chi connectivity index (χ1n) is 7.41. The summed E-state index contributed by atoms with van der Waals surface area (Å²) >= 11 is 0. The molecule has 128 valence electrons. The molecule has 1 amide bonds. The van der Waals surface area contributed by atoms with Crippen LogP contribution in [-0.4, -0.2) is 69.4 Å². The lowest BCUT2D eigenvalue weighted by Crippen LogP contribution is -2.61. The quantitative estimate of drug-likeness (QED) is 0.376. The molecule has 0 bridgehead atoms. The molecule has 2 aliphatic rings. The number of Topliss-reactive ketones (excluding diaryl/α,β-unsaturated/α-hetero) is 1. The Balaban J connectivity index is 1.82. The molecule has 0 aromatic heterocycles. The standard InChI is InChI=1S/C15H21NO7/c17-9-6-2-1-4-8(9)5-3-7-16-14(21)13-11(19)10(18)12(20)15(22)23-13/h1-3,5,8,10-13,15,18-20,22H,4,6-7H2,(H,16,21)/t8?,10-,11-,12+,13-,15+/m0/s1. The predicted octanol–water partition coefficient (Wildman–Crippen LogP) is -2.01. The Morgan fingerprint density at radius 2 is 1.96 bits per heavy atom. The summed E-state index contributed by atoms with van der Waals surface area (Å²) < 4.78 is 4.80. The molecule has 1 saturated heterocycles. The van der Waals surface area contributed by atoms with Crippen molar-refractivity contribution in [1.29, 1.82) is 0 Å². The Morgan fingerprint density at radius 3 is 2.65 bits per heavy atom. The van der Waals surface area contributed by atoms with E-state index in [0.717, 1.165) is 0 Å². The first kappa shape index (κ1) is 17.8. The molecule has 0 aromatic carbocycles. The highest BCUT2D eigenvalue weighted by molar-refractivity contribution is 5.85. The second kappa shape index (κ2) is 7.80. The van der Waals surface area contributed by atoms with Crippen molar-refractivity contribution < 1.29 is 34.8 Å². The van der Waals surface area contributed by atoms with Gasteiger partial charge in [-0.1, -0.05) is 24.3 Å². The van der Waals surface area contributed by atoms with Crippen molar-refractivity contribution in [2.24, 2.45) is 5.92 Å². The summed E-state index contributed by atoms with van der Waals surface area (Å²) in [5.41, 5.74) is 0. The Labute approximate surface area is 133 Å². The van der Waals surface area contributed by atoms with E-state index in [9.17, 15) is 30.0 Å². The fourth-order valence-corrected chi connectivity index (χ4v) is 2.48.